The predicted octanol–water partition coefficient (Wildman–Crippen LogP) is 6.21. The first-order chi connectivity index (χ1) is 25.5. The van der Waals surface area contributed by atoms with Gasteiger partial charge in [0.2, 0.25) is 0 Å². The highest BCUT2D eigenvalue weighted by Crippen LogP contribution is 2.58. The van der Waals surface area contributed by atoms with Gasteiger partial charge in [-0.1, -0.05) is 46.7 Å². The molecule has 2 aliphatic heterocycles. The van der Waals surface area contributed by atoms with Gasteiger partial charge in [-0.2, -0.15) is 0 Å². The SMILES string of the molecule is CC(C)(C)C(=O)c1c(C(=O)NCCOCCOCCOCCN=[N+]=[N-])cc2c(c1C(=O)C(C)(C)C)C(=O)OC21c2ccc(O)cc2Oc2cc(O)ccc21. The van der Waals surface area contributed by atoms with Crippen molar-refractivity contribution in [1.82, 2.24) is 5.32 Å². The molecule has 15 heteroatoms. The van der Waals surface area contributed by atoms with Crippen LogP contribution in [0.2, 0.25) is 0 Å². The molecule has 0 aliphatic carbocycles. The molecule has 0 fully saturated rings. The minimum Gasteiger partial charge on any atom is -0.508 e. The van der Waals surface area contributed by atoms with Gasteiger partial charge in [-0.15, -0.1) is 0 Å². The Hall–Kier alpha value is -5.47. The second kappa shape index (κ2) is 15.9. The van der Waals surface area contributed by atoms with E-state index in [1.165, 1.54) is 42.5 Å². The van der Waals surface area contributed by atoms with Gasteiger partial charge in [0.15, 0.2) is 17.2 Å². The van der Waals surface area contributed by atoms with Crippen LogP contribution in [0.3, 0.4) is 0 Å². The molecule has 0 atom stereocenters. The lowest BCUT2D eigenvalue weighted by atomic mass is 9.71. The van der Waals surface area contributed by atoms with Gasteiger partial charge in [0, 0.05) is 68.8 Å². The number of aromatic hydroxyl groups is 2. The number of amides is 1. The van der Waals surface area contributed by atoms with Gasteiger partial charge < -0.3 is 39.2 Å². The van der Waals surface area contributed by atoms with Crippen LogP contribution < -0.4 is 10.1 Å². The molecule has 0 bridgehead atoms. The summed E-state index contributed by atoms with van der Waals surface area (Å²) < 4.78 is 28.7. The Morgan fingerprint density at radius 3 is 1.83 bits per heavy atom. The molecule has 5 rings (SSSR count). The molecular formula is C39H44N4O11. The lowest BCUT2D eigenvalue weighted by Gasteiger charge is -2.37. The van der Waals surface area contributed by atoms with E-state index in [2.05, 4.69) is 15.3 Å². The third-order valence-electron chi connectivity index (χ3n) is 8.80. The van der Waals surface area contributed by atoms with Crippen molar-refractivity contribution in [2.45, 2.75) is 47.1 Å². The number of azide groups is 1. The van der Waals surface area contributed by atoms with E-state index in [1.807, 2.05) is 0 Å². The smallest absolute Gasteiger partial charge is 0.340 e. The molecule has 0 saturated carbocycles. The Labute approximate surface area is 312 Å². The number of nitrogens with one attached hydrogen (secondary N) is 1. The van der Waals surface area contributed by atoms with Gasteiger partial charge in [-0.25, -0.2) is 4.79 Å². The summed E-state index contributed by atoms with van der Waals surface area (Å²) in [6, 6.07) is 9.88. The van der Waals surface area contributed by atoms with Crippen LogP contribution in [0.1, 0.15) is 99.7 Å². The Kier molecular flexibility index (Phi) is 11.7. The van der Waals surface area contributed by atoms with Crippen LogP contribution in [-0.2, 0) is 24.5 Å². The number of fused-ring (bicyclic) bond motifs is 6. The summed E-state index contributed by atoms with van der Waals surface area (Å²) in [6.07, 6.45) is 0. The summed E-state index contributed by atoms with van der Waals surface area (Å²) in [5.41, 5.74) is 4.25. The molecule has 1 amide bonds. The van der Waals surface area contributed by atoms with Crippen LogP contribution >= 0.6 is 0 Å². The number of benzene rings is 3. The van der Waals surface area contributed by atoms with Crippen LogP contribution in [0.25, 0.3) is 10.4 Å². The number of carbonyl (C=O) groups excluding carboxylic acids is 4. The van der Waals surface area contributed by atoms with E-state index in [4.69, 9.17) is 29.2 Å². The van der Waals surface area contributed by atoms with Crippen molar-refractivity contribution in [2.75, 3.05) is 52.7 Å². The fourth-order valence-corrected chi connectivity index (χ4v) is 6.27. The quantitative estimate of drug-likeness (QED) is 0.0397. The number of ketones is 2. The molecule has 286 valence electrons. The van der Waals surface area contributed by atoms with E-state index in [1.54, 1.807) is 41.5 Å². The van der Waals surface area contributed by atoms with Crippen LogP contribution in [0.15, 0.2) is 47.6 Å². The van der Waals surface area contributed by atoms with Crippen LogP contribution in [0.5, 0.6) is 23.0 Å². The summed E-state index contributed by atoms with van der Waals surface area (Å²) in [7, 11) is 0. The Morgan fingerprint density at radius 1 is 0.778 bits per heavy atom. The number of rotatable bonds is 15. The third kappa shape index (κ3) is 7.90. The maximum Gasteiger partial charge on any atom is 0.340 e. The molecule has 15 nitrogen and oxygen atoms in total. The van der Waals surface area contributed by atoms with Gasteiger partial charge in [-0.3, -0.25) is 14.4 Å². The predicted molar refractivity (Wildman–Crippen MR) is 194 cm³/mol. The lowest BCUT2D eigenvalue weighted by molar-refractivity contribution is 0.0166. The monoisotopic (exact) mass is 744 g/mol. The first kappa shape index (κ1) is 39.7. The summed E-state index contributed by atoms with van der Waals surface area (Å²) in [6.45, 7) is 11.7. The maximum atomic E-state index is 14.5. The zero-order valence-corrected chi connectivity index (χ0v) is 31.1. The average Bonchev–Trinajstić information content (AvgIpc) is 3.39. The standard InChI is InChI=1S/C39H44N4O11/c1-37(2,3)33(46)30-24(35(48)41-11-13-50-15-17-52-18-16-51-14-12-42-43-40)21-27-31(32(30)34(47)38(4,5)6)36(49)54-39(27)25-9-7-22(44)19-28(25)53-29-20-23(45)8-10-26(29)39/h7-10,19-21,44-45H,11-18H2,1-6H3,(H,41,48). The minimum atomic E-state index is -1.80. The molecule has 2 heterocycles. The second-order valence-corrected chi connectivity index (χ2v) is 14.8. The molecule has 0 radical (unpaired) electrons. The number of nitrogens with zero attached hydrogens (tertiary/aromatic N) is 3. The normalized spacial score (nSPS) is 13.9. The fraction of sp³-hybridized carbons (Fsp3) is 0.436. The van der Waals surface area contributed by atoms with E-state index in [0.717, 1.165) is 0 Å². The van der Waals surface area contributed by atoms with Crippen molar-refractivity contribution < 1.29 is 53.1 Å². The molecule has 0 unspecified atom stereocenters. The third-order valence-corrected chi connectivity index (χ3v) is 8.80. The second-order valence-electron chi connectivity index (χ2n) is 14.8. The number of phenols is 2. The number of hydrogen-bond donors (Lipinski definition) is 3. The minimum absolute atomic E-state index is 0.0305. The van der Waals surface area contributed by atoms with Crippen molar-refractivity contribution >= 4 is 23.4 Å². The Balaban J connectivity index is 1.55. The maximum absolute atomic E-state index is 14.5. The number of phenolic OH excluding ortho intramolecular Hbond substituents is 2. The topological polar surface area (TPSA) is 216 Å². The zero-order valence-electron chi connectivity index (χ0n) is 31.1. The molecule has 2 aliphatic rings. The molecular weight excluding hydrogens is 700 g/mol. The molecule has 54 heavy (non-hydrogen) atoms. The molecule has 3 N–H and O–H groups in total. The summed E-state index contributed by atoms with van der Waals surface area (Å²) in [4.78, 5) is 60.0. The first-order valence-electron chi connectivity index (χ1n) is 17.4. The highest BCUT2D eigenvalue weighted by molar-refractivity contribution is 6.22. The first-order valence-corrected chi connectivity index (χ1v) is 17.4. The van der Waals surface area contributed by atoms with Crippen LogP contribution in [0, 0.1) is 10.8 Å². The van der Waals surface area contributed by atoms with E-state index >= 15 is 0 Å². The van der Waals surface area contributed by atoms with Gasteiger partial charge >= 0.3 is 5.97 Å². The lowest BCUT2D eigenvalue weighted by Crippen LogP contribution is -2.36. The summed E-state index contributed by atoms with van der Waals surface area (Å²) in [5.74, 6) is -2.75. The van der Waals surface area contributed by atoms with E-state index < -0.39 is 39.9 Å². The highest BCUT2D eigenvalue weighted by atomic mass is 16.6. The van der Waals surface area contributed by atoms with Crippen molar-refractivity contribution in [1.29, 1.82) is 0 Å². The Bertz CT molecular complexity index is 1970. The number of esters is 1. The Morgan fingerprint density at radius 2 is 1.30 bits per heavy atom. The van der Waals surface area contributed by atoms with Crippen molar-refractivity contribution in [3.05, 3.63) is 91.9 Å². The zero-order chi connectivity index (χ0) is 39.4. The average molecular weight is 745 g/mol. The van der Waals surface area contributed by atoms with Gasteiger partial charge in [0.25, 0.3) is 5.91 Å². The summed E-state index contributed by atoms with van der Waals surface area (Å²) in [5, 5.41) is 26.9. The summed E-state index contributed by atoms with van der Waals surface area (Å²) >= 11 is 0. The highest BCUT2D eigenvalue weighted by Gasteiger charge is 2.56. The van der Waals surface area contributed by atoms with E-state index in [9.17, 15) is 29.4 Å². The van der Waals surface area contributed by atoms with E-state index in [-0.39, 0.29) is 101 Å². The van der Waals surface area contributed by atoms with E-state index in [0.29, 0.717) is 13.2 Å². The fourth-order valence-electron chi connectivity index (χ4n) is 6.27. The number of Topliss-reactive ketones (excluding diaryl/α,β-unsaturated/α-hetero) is 2. The largest absolute Gasteiger partial charge is 0.508 e. The molecule has 3 aromatic rings. The molecule has 0 saturated heterocycles. The number of hydrogen-bond acceptors (Lipinski definition) is 12. The number of ether oxygens (including phenoxy) is 5. The molecule has 1 spiro atoms. The van der Waals surface area contributed by atoms with Gasteiger partial charge in [0.1, 0.15) is 23.0 Å². The van der Waals surface area contributed by atoms with Crippen LogP contribution in [-0.4, -0.2) is 86.4 Å². The molecule has 0 aromatic heterocycles. The van der Waals surface area contributed by atoms with Gasteiger partial charge in [0.05, 0.1) is 50.8 Å². The van der Waals surface area contributed by atoms with Crippen molar-refractivity contribution in [3.8, 4) is 23.0 Å². The van der Waals surface area contributed by atoms with Crippen molar-refractivity contribution in [3.63, 3.8) is 0 Å². The number of carbonyl (C=O) groups is 4. The van der Waals surface area contributed by atoms with Crippen LogP contribution in [0.4, 0.5) is 0 Å². The molecule has 3 aromatic carbocycles. The van der Waals surface area contributed by atoms with Gasteiger partial charge in [-0.05, 0) is 35.9 Å². The van der Waals surface area contributed by atoms with Crippen molar-refractivity contribution in [2.24, 2.45) is 15.9 Å².